The van der Waals surface area contributed by atoms with Crippen molar-refractivity contribution in [1.82, 2.24) is 5.32 Å². The molecule has 2 atom stereocenters. The Balaban J connectivity index is 2.07. The minimum atomic E-state index is 0.200. The Labute approximate surface area is 110 Å². The van der Waals surface area contributed by atoms with E-state index in [9.17, 15) is 5.11 Å². The molecule has 0 spiro atoms. The molecule has 0 saturated heterocycles. The summed E-state index contributed by atoms with van der Waals surface area (Å²) in [6.45, 7) is 3.51. The van der Waals surface area contributed by atoms with Crippen molar-refractivity contribution in [2.45, 2.75) is 38.3 Å². The van der Waals surface area contributed by atoms with Gasteiger partial charge < -0.3 is 15.3 Å². The van der Waals surface area contributed by atoms with Crippen molar-refractivity contribution < 1.29 is 5.11 Å². The van der Waals surface area contributed by atoms with Gasteiger partial charge in [-0.1, -0.05) is 18.2 Å². The van der Waals surface area contributed by atoms with Gasteiger partial charge in [0.15, 0.2) is 0 Å². The number of nitrogens with one attached hydrogen (secondary N) is 1. The van der Waals surface area contributed by atoms with E-state index in [4.69, 9.17) is 0 Å². The molecule has 2 N–H and O–H groups in total. The second-order valence-corrected chi connectivity index (χ2v) is 5.17. The van der Waals surface area contributed by atoms with Crippen LogP contribution in [0.2, 0.25) is 0 Å². The third kappa shape index (κ3) is 2.85. The lowest BCUT2D eigenvalue weighted by Gasteiger charge is -2.37. The highest BCUT2D eigenvalue weighted by Crippen LogP contribution is 2.30. The van der Waals surface area contributed by atoms with E-state index >= 15 is 0 Å². The highest BCUT2D eigenvalue weighted by Gasteiger charge is 2.22. The predicted molar refractivity (Wildman–Crippen MR) is 76.1 cm³/mol. The normalized spacial score (nSPS) is 20.6. The number of para-hydroxylation sites is 1. The third-order valence-electron chi connectivity index (χ3n) is 4.01. The van der Waals surface area contributed by atoms with Crippen molar-refractivity contribution in [3.05, 3.63) is 29.8 Å². The maximum absolute atomic E-state index is 9.24. The number of aryl methyl sites for hydroxylation is 1. The minimum absolute atomic E-state index is 0.200. The second-order valence-electron chi connectivity index (χ2n) is 5.17. The maximum atomic E-state index is 9.24. The maximum Gasteiger partial charge on any atom is 0.0585 e. The molecule has 0 aromatic heterocycles. The summed E-state index contributed by atoms with van der Waals surface area (Å²) >= 11 is 0. The average Bonchev–Trinajstić information content (AvgIpc) is 2.42. The molecule has 2 rings (SSSR count). The van der Waals surface area contributed by atoms with Crippen molar-refractivity contribution >= 4 is 5.69 Å². The van der Waals surface area contributed by atoms with E-state index in [1.807, 2.05) is 7.05 Å². The van der Waals surface area contributed by atoms with Crippen molar-refractivity contribution in [3.63, 3.8) is 0 Å². The highest BCUT2D eigenvalue weighted by molar-refractivity contribution is 5.56. The van der Waals surface area contributed by atoms with Crippen LogP contribution in [-0.2, 0) is 6.42 Å². The lowest BCUT2D eigenvalue weighted by atomic mass is 9.96. The van der Waals surface area contributed by atoms with Gasteiger partial charge in [-0.15, -0.1) is 0 Å². The molecule has 1 aliphatic rings. The molecule has 0 fully saturated rings. The van der Waals surface area contributed by atoms with Gasteiger partial charge in [-0.25, -0.2) is 0 Å². The number of rotatable bonds is 5. The number of benzene rings is 1. The predicted octanol–water partition coefficient (Wildman–Crippen LogP) is 1.80. The number of anilines is 1. The van der Waals surface area contributed by atoms with Gasteiger partial charge in [0.1, 0.15) is 0 Å². The Hall–Kier alpha value is -1.06. The van der Waals surface area contributed by atoms with E-state index < -0.39 is 0 Å². The average molecular weight is 248 g/mol. The molecule has 3 nitrogen and oxygen atoms in total. The molecule has 100 valence electrons. The summed E-state index contributed by atoms with van der Waals surface area (Å²) in [5, 5.41) is 12.4. The summed E-state index contributed by atoms with van der Waals surface area (Å²) < 4.78 is 0. The Morgan fingerprint density at radius 3 is 2.94 bits per heavy atom. The molecule has 0 amide bonds. The Morgan fingerprint density at radius 2 is 2.22 bits per heavy atom. The second kappa shape index (κ2) is 6.21. The molecular formula is C15H24N2O. The SMILES string of the molecule is CNC(CO)CCN1c2ccccc2CCC1C. The lowest BCUT2D eigenvalue weighted by molar-refractivity contribution is 0.242. The van der Waals surface area contributed by atoms with Gasteiger partial charge in [-0.05, 0) is 44.9 Å². The monoisotopic (exact) mass is 248 g/mol. The van der Waals surface area contributed by atoms with E-state index in [1.165, 1.54) is 24.1 Å². The molecule has 1 aromatic rings. The Kier molecular flexibility index (Phi) is 4.61. The van der Waals surface area contributed by atoms with Gasteiger partial charge >= 0.3 is 0 Å². The molecule has 2 unspecified atom stereocenters. The van der Waals surface area contributed by atoms with E-state index in [0.717, 1.165) is 13.0 Å². The number of aliphatic hydroxyl groups is 1. The first-order valence-corrected chi connectivity index (χ1v) is 6.89. The molecule has 1 heterocycles. The fourth-order valence-corrected chi connectivity index (χ4v) is 2.72. The molecule has 0 aliphatic carbocycles. The van der Waals surface area contributed by atoms with Crippen LogP contribution in [0.25, 0.3) is 0 Å². The molecule has 18 heavy (non-hydrogen) atoms. The summed E-state index contributed by atoms with van der Waals surface area (Å²) in [6.07, 6.45) is 3.38. The van der Waals surface area contributed by atoms with Crippen LogP contribution in [0, 0.1) is 0 Å². The van der Waals surface area contributed by atoms with Gasteiger partial charge in [-0.2, -0.15) is 0 Å². The van der Waals surface area contributed by atoms with Crippen LogP contribution < -0.4 is 10.2 Å². The summed E-state index contributed by atoms with van der Waals surface area (Å²) in [5.41, 5.74) is 2.84. The molecular weight excluding hydrogens is 224 g/mol. The summed E-state index contributed by atoms with van der Waals surface area (Å²) in [5.74, 6) is 0. The number of nitrogens with zero attached hydrogens (tertiary/aromatic N) is 1. The van der Waals surface area contributed by atoms with Crippen LogP contribution in [0.4, 0.5) is 5.69 Å². The fourth-order valence-electron chi connectivity index (χ4n) is 2.72. The van der Waals surface area contributed by atoms with Gasteiger partial charge in [0.2, 0.25) is 0 Å². The van der Waals surface area contributed by atoms with Crippen LogP contribution >= 0.6 is 0 Å². The number of fused-ring (bicyclic) bond motifs is 1. The standard InChI is InChI=1S/C15H24N2O/c1-12-7-8-13-5-3-4-6-15(13)17(12)10-9-14(11-18)16-2/h3-6,12,14,16,18H,7-11H2,1-2H3. The number of hydrogen-bond acceptors (Lipinski definition) is 3. The van der Waals surface area contributed by atoms with Crippen molar-refractivity contribution in [2.24, 2.45) is 0 Å². The lowest BCUT2D eigenvalue weighted by Crippen LogP contribution is -2.41. The zero-order valence-electron chi connectivity index (χ0n) is 11.4. The Bertz CT molecular complexity index is 377. The zero-order chi connectivity index (χ0) is 13.0. The van der Waals surface area contributed by atoms with E-state index in [-0.39, 0.29) is 12.6 Å². The highest BCUT2D eigenvalue weighted by atomic mass is 16.3. The third-order valence-corrected chi connectivity index (χ3v) is 4.01. The Morgan fingerprint density at radius 1 is 1.44 bits per heavy atom. The van der Waals surface area contributed by atoms with Crippen molar-refractivity contribution in [3.8, 4) is 0 Å². The first-order valence-electron chi connectivity index (χ1n) is 6.89. The molecule has 0 bridgehead atoms. The van der Waals surface area contributed by atoms with Crippen molar-refractivity contribution in [1.29, 1.82) is 0 Å². The van der Waals surface area contributed by atoms with E-state index in [1.54, 1.807) is 0 Å². The largest absolute Gasteiger partial charge is 0.395 e. The quantitative estimate of drug-likeness (QED) is 0.834. The van der Waals surface area contributed by atoms with Crippen LogP contribution in [0.5, 0.6) is 0 Å². The summed E-state index contributed by atoms with van der Waals surface area (Å²) in [4.78, 5) is 2.48. The first-order chi connectivity index (χ1) is 8.76. The molecule has 3 heteroatoms. The number of aliphatic hydroxyl groups excluding tert-OH is 1. The van der Waals surface area contributed by atoms with Gasteiger partial charge in [0, 0.05) is 24.3 Å². The first kappa shape index (κ1) is 13.4. The minimum Gasteiger partial charge on any atom is -0.395 e. The van der Waals surface area contributed by atoms with E-state index in [2.05, 4.69) is 41.4 Å². The fraction of sp³-hybridized carbons (Fsp3) is 0.600. The smallest absolute Gasteiger partial charge is 0.0585 e. The molecule has 1 aliphatic heterocycles. The van der Waals surface area contributed by atoms with Crippen molar-refractivity contribution in [2.75, 3.05) is 25.1 Å². The van der Waals surface area contributed by atoms with E-state index in [0.29, 0.717) is 6.04 Å². The summed E-state index contributed by atoms with van der Waals surface area (Å²) in [6, 6.07) is 9.49. The van der Waals surface area contributed by atoms with Gasteiger partial charge in [0.25, 0.3) is 0 Å². The van der Waals surface area contributed by atoms with Gasteiger partial charge in [-0.3, -0.25) is 0 Å². The molecule has 0 saturated carbocycles. The van der Waals surface area contributed by atoms with Crippen LogP contribution in [-0.4, -0.2) is 37.4 Å². The zero-order valence-corrected chi connectivity index (χ0v) is 11.4. The molecule has 1 aromatic carbocycles. The number of likely N-dealkylation sites (N-methyl/N-ethyl adjacent to an activating group) is 1. The van der Waals surface area contributed by atoms with Crippen LogP contribution in [0.3, 0.4) is 0 Å². The molecule has 0 radical (unpaired) electrons. The van der Waals surface area contributed by atoms with Gasteiger partial charge in [0.05, 0.1) is 6.61 Å². The topological polar surface area (TPSA) is 35.5 Å². The number of hydrogen-bond donors (Lipinski definition) is 2. The summed E-state index contributed by atoms with van der Waals surface area (Å²) in [7, 11) is 1.91. The van der Waals surface area contributed by atoms with Crippen LogP contribution in [0.1, 0.15) is 25.3 Å². The van der Waals surface area contributed by atoms with Crippen LogP contribution in [0.15, 0.2) is 24.3 Å².